The van der Waals surface area contributed by atoms with Gasteiger partial charge in [0, 0.05) is 18.5 Å². The minimum absolute atomic E-state index is 0.0582. The molecule has 4 nitrogen and oxygen atoms in total. The Morgan fingerprint density at radius 2 is 1.35 bits per heavy atom. The Balaban J connectivity index is 2.05. The van der Waals surface area contributed by atoms with Crippen LogP contribution in [0.25, 0.3) is 0 Å². The van der Waals surface area contributed by atoms with Gasteiger partial charge < -0.3 is 10.4 Å². The Labute approximate surface area is 158 Å². The first-order valence-corrected chi connectivity index (χ1v) is 10.2. The molecule has 0 fully saturated rings. The second-order valence-electron chi connectivity index (χ2n) is 7.07. The summed E-state index contributed by atoms with van der Waals surface area (Å²) < 4.78 is 0. The van der Waals surface area contributed by atoms with Crippen LogP contribution in [0, 0.1) is 0 Å². The van der Waals surface area contributed by atoms with Gasteiger partial charge >= 0.3 is 5.97 Å². The smallest absolute Gasteiger partial charge is 0.303 e. The molecule has 0 aliphatic rings. The topological polar surface area (TPSA) is 66.4 Å². The molecule has 26 heavy (non-hydrogen) atoms. The average Bonchev–Trinajstić information content (AvgIpc) is 2.62. The highest BCUT2D eigenvalue weighted by Crippen LogP contribution is 2.14. The number of hydrogen-bond donors (Lipinski definition) is 2. The number of aliphatic carboxylic acids is 1. The van der Waals surface area contributed by atoms with Crippen LogP contribution in [-0.2, 0) is 16.0 Å². The molecule has 1 aromatic rings. The number of nitrogens with one attached hydrogen (secondary N) is 1. The van der Waals surface area contributed by atoms with Crippen LogP contribution in [0.5, 0.6) is 0 Å². The van der Waals surface area contributed by atoms with Crippen LogP contribution in [0.4, 0.5) is 5.69 Å². The van der Waals surface area contributed by atoms with Crippen LogP contribution >= 0.6 is 0 Å². The van der Waals surface area contributed by atoms with E-state index in [2.05, 4.69) is 12.2 Å². The third-order valence-corrected chi connectivity index (χ3v) is 4.62. The zero-order valence-electron chi connectivity index (χ0n) is 16.3. The number of anilines is 1. The zero-order chi connectivity index (χ0) is 19.0. The van der Waals surface area contributed by atoms with Gasteiger partial charge in [-0.3, -0.25) is 9.59 Å². The van der Waals surface area contributed by atoms with Gasteiger partial charge in [0.05, 0.1) is 0 Å². The number of amides is 1. The van der Waals surface area contributed by atoms with Crippen LogP contribution in [0.15, 0.2) is 24.3 Å². The molecule has 1 aromatic carbocycles. The van der Waals surface area contributed by atoms with E-state index in [-0.39, 0.29) is 12.3 Å². The lowest BCUT2D eigenvalue weighted by atomic mass is 10.1. The van der Waals surface area contributed by atoms with Crippen molar-refractivity contribution in [3.8, 4) is 0 Å². The molecule has 4 heteroatoms. The third-order valence-electron chi connectivity index (χ3n) is 4.62. The lowest BCUT2D eigenvalue weighted by Crippen LogP contribution is -2.11. The number of carbonyl (C=O) groups excluding carboxylic acids is 1. The van der Waals surface area contributed by atoms with Crippen LogP contribution in [0.2, 0.25) is 0 Å². The van der Waals surface area contributed by atoms with E-state index in [9.17, 15) is 9.59 Å². The maximum atomic E-state index is 12.0. The quantitative estimate of drug-likeness (QED) is 0.379. The van der Waals surface area contributed by atoms with Crippen LogP contribution in [0.3, 0.4) is 0 Å². The number of carboxylic acid groups (broad SMARTS) is 1. The van der Waals surface area contributed by atoms with E-state index >= 15 is 0 Å². The molecule has 0 aromatic heterocycles. The lowest BCUT2D eigenvalue weighted by molar-refractivity contribution is -0.137. The monoisotopic (exact) mass is 361 g/mol. The Kier molecular flexibility index (Phi) is 12.2. The van der Waals surface area contributed by atoms with Gasteiger partial charge in [-0.15, -0.1) is 0 Å². The van der Waals surface area contributed by atoms with Gasteiger partial charge in [-0.1, -0.05) is 76.8 Å². The first-order valence-electron chi connectivity index (χ1n) is 10.2. The Bertz CT molecular complexity index is 511. The van der Waals surface area contributed by atoms with Crippen LogP contribution in [-0.4, -0.2) is 17.0 Å². The Hall–Kier alpha value is -1.84. The fourth-order valence-corrected chi connectivity index (χ4v) is 3.00. The number of rotatable bonds is 15. The van der Waals surface area contributed by atoms with Crippen LogP contribution in [0.1, 0.15) is 89.5 Å². The number of benzene rings is 1. The van der Waals surface area contributed by atoms with E-state index in [1.807, 2.05) is 24.3 Å². The van der Waals surface area contributed by atoms with Crippen molar-refractivity contribution in [3.05, 3.63) is 29.8 Å². The first-order chi connectivity index (χ1) is 12.6. The summed E-state index contributed by atoms with van der Waals surface area (Å²) >= 11 is 0. The molecular formula is C22H35NO3. The van der Waals surface area contributed by atoms with Crippen molar-refractivity contribution >= 4 is 17.6 Å². The highest BCUT2D eigenvalue weighted by Gasteiger charge is 2.03. The molecule has 0 bridgehead atoms. The van der Waals surface area contributed by atoms with Gasteiger partial charge in [0.15, 0.2) is 0 Å². The van der Waals surface area contributed by atoms with Gasteiger partial charge in [0.25, 0.3) is 0 Å². The van der Waals surface area contributed by atoms with E-state index < -0.39 is 5.97 Å². The molecule has 1 amide bonds. The molecule has 0 aliphatic heterocycles. The fourth-order valence-electron chi connectivity index (χ4n) is 3.00. The molecule has 2 N–H and O–H groups in total. The van der Waals surface area contributed by atoms with E-state index in [4.69, 9.17) is 5.11 Å². The molecule has 146 valence electrons. The lowest BCUT2D eigenvalue weighted by Gasteiger charge is -2.06. The van der Waals surface area contributed by atoms with Crippen molar-refractivity contribution in [1.82, 2.24) is 0 Å². The Morgan fingerprint density at radius 1 is 0.808 bits per heavy atom. The molecule has 0 saturated heterocycles. The average molecular weight is 362 g/mol. The summed E-state index contributed by atoms with van der Waals surface area (Å²) in [5, 5.41) is 11.6. The number of unbranched alkanes of at least 4 members (excludes halogenated alkanes) is 9. The number of carboxylic acids is 1. The number of aryl methyl sites for hydroxylation is 1. The predicted octanol–water partition coefficient (Wildman–Crippen LogP) is 5.95. The molecule has 1 rings (SSSR count). The molecule has 0 atom stereocenters. The van der Waals surface area contributed by atoms with E-state index in [0.29, 0.717) is 12.8 Å². The summed E-state index contributed by atoms with van der Waals surface area (Å²) in [6.07, 6.45) is 13.9. The van der Waals surface area contributed by atoms with Crippen molar-refractivity contribution in [3.63, 3.8) is 0 Å². The second-order valence-corrected chi connectivity index (χ2v) is 7.07. The molecule has 0 spiro atoms. The molecular weight excluding hydrogens is 326 g/mol. The molecule has 0 heterocycles. The van der Waals surface area contributed by atoms with E-state index in [1.165, 1.54) is 51.4 Å². The SMILES string of the molecule is CCCCCCCCCCCCC(=O)Nc1ccc(CCC(=O)O)cc1. The van der Waals surface area contributed by atoms with Crippen molar-refractivity contribution in [1.29, 1.82) is 0 Å². The fraction of sp³-hybridized carbons (Fsp3) is 0.636. The minimum atomic E-state index is -0.793. The van der Waals surface area contributed by atoms with Crippen molar-refractivity contribution in [2.75, 3.05) is 5.32 Å². The summed E-state index contributed by atoms with van der Waals surface area (Å²) in [5.74, 6) is -0.735. The molecule has 0 unspecified atom stereocenters. The van der Waals surface area contributed by atoms with Crippen molar-refractivity contribution in [2.45, 2.75) is 90.4 Å². The third kappa shape index (κ3) is 11.7. The summed E-state index contributed by atoms with van der Waals surface area (Å²) in [5.41, 5.74) is 1.75. The highest BCUT2D eigenvalue weighted by molar-refractivity contribution is 5.90. The summed E-state index contributed by atoms with van der Waals surface area (Å²) in [4.78, 5) is 22.5. The molecule has 0 saturated carbocycles. The number of hydrogen-bond acceptors (Lipinski definition) is 2. The predicted molar refractivity (Wildman–Crippen MR) is 107 cm³/mol. The summed E-state index contributed by atoms with van der Waals surface area (Å²) in [7, 11) is 0. The van der Waals surface area contributed by atoms with Gasteiger partial charge in [-0.2, -0.15) is 0 Å². The summed E-state index contributed by atoms with van der Waals surface area (Å²) in [6, 6.07) is 7.43. The van der Waals surface area contributed by atoms with Crippen molar-refractivity contribution in [2.24, 2.45) is 0 Å². The summed E-state index contributed by atoms with van der Waals surface area (Å²) in [6.45, 7) is 2.24. The zero-order valence-corrected chi connectivity index (χ0v) is 16.3. The normalized spacial score (nSPS) is 10.7. The molecule has 0 radical (unpaired) electrons. The van der Waals surface area contributed by atoms with Crippen molar-refractivity contribution < 1.29 is 14.7 Å². The molecule has 0 aliphatic carbocycles. The maximum absolute atomic E-state index is 12.0. The Morgan fingerprint density at radius 3 is 1.88 bits per heavy atom. The van der Waals surface area contributed by atoms with Gasteiger partial charge in [0.2, 0.25) is 5.91 Å². The maximum Gasteiger partial charge on any atom is 0.303 e. The van der Waals surface area contributed by atoms with Gasteiger partial charge in [0.1, 0.15) is 0 Å². The van der Waals surface area contributed by atoms with E-state index in [1.54, 1.807) is 0 Å². The highest BCUT2D eigenvalue weighted by atomic mass is 16.4. The van der Waals surface area contributed by atoms with Crippen LogP contribution < -0.4 is 5.32 Å². The van der Waals surface area contributed by atoms with Gasteiger partial charge in [-0.05, 0) is 30.5 Å². The van der Waals surface area contributed by atoms with E-state index in [0.717, 1.165) is 24.1 Å². The second kappa shape index (κ2) is 14.3. The first kappa shape index (κ1) is 22.2. The van der Waals surface area contributed by atoms with Gasteiger partial charge in [-0.25, -0.2) is 0 Å². The largest absolute Gasteiger partial charge is 0.481 e. The number of carbonyl (C=O) groups is 2. The standard InChI is InChI=1S/C22H35NO3/c1-2-3-4-5-6-7-8-9-10-11-12-21(24)23-20-16-13-19(14-17-20)15-18-22(25)26/h13-14,16-17H,2-12,15,18H2,1H3,(H,23,24)(H,25,26). The minimum Gasteiger partial charge on any atom is -0.481 e.